The molecule has 1 N–H and O–H groups in total. The average Bonchev–Trinajstić information content (AvgIpc) is 2.96. The molecule has 158 valence electrons. The molecule has 2 aromatic carbocycles. The fraction of sp³-hybridized carbons (Fsp3) is 0.429. The lowest BCUT2D eigenvalue weighted by atomic mass is 9.64. The molecular formula is C28H33ClO. The highest BCUT2D eigenvalue weighted by Crippen LogP contribution is 2.58. The highest BCUT2D eigenvalue weighted by molar-refractivity contribution is 6.32. The first-order valence-electron chi connectivity index (χ1n) is 11.4. The molecule has 4 rings (SSSR count). The summed E-state index contributed by atoms with van der Waals surface area (Å²) in [7, 11) is 0. The summed E-state index contributed by atoms with van der Waals surface area (Å²) in [5.74, 6) is 0. The Morgan fingerprint density at radius 2 is 1.63 bits per heavy atom. The third kappa shape index (κ3) is 3.27. The maximum atomic E-state index is 11.0. The van der Waals surface area contributed by atoms with Crippen LogP contribution >= 0.6 is 11.6 Å². The van der Waals surface area contributed by atoms with Gasteiger partial charge in [0.2, 0.25) is 0 Å². The molecule has 2 heteroatoms. The summed E-state index contributed by atoms with van der Waals surface area (Å²) in [6.07, 6.45) is 11.8. The van der Waals surface area contributed by atoms with Crippen molar-refractivity contribution in [2.75, 3.05) is 0 Å². The van der Waals surface area contributed by atoms with Crippen LogP contribution < -0.4 is 0 Å². The van der Waals surface area contributed by atoms with Crippen LogP contribution in [0.3, 0.4) is 0 Å². The molecule has 0 heterocycles. The Bertz CT molecular complexity index is 1010. The Morgan fingerprint density at radius 3 is 2.27 bits per heavy atom. The minimum absolute atomic E-state index is 0.104. The smallest absolute Gasteiger partial charge is 0.0860 e. The Hall–Kier alpha value is -1.83. The van der Waals surface area contributed by atoms with E-state index in [2.05, 4.69) is 50.3 Å². The first kappa shape index (κ1) is 21.4. The molecule has 0 atom stereocenters. The molecule has 1 fully saturated rings. The van der Waals surface area contributed by atoms with Gasteiger partial charge in [0.15, 0.2) is 0 Å². The van der Waals surface area contributed by atoms with Crippen LogP contribution in [0.25, 0.3) is 16.7 Å². The topological polar surface area (TPSA) is 20.2 Å². The van der Waals surface area contributed by atoms with E-state index in [0.717, 1.165) is 17.5 Å². The fourth-order valence-electron chi connectivity index (χ4n) is 6.05. The lowest BCUT2D eigenvalue weighted by Crippen LogP contribution is -2.30. The first-order chi connectivity index (χ1) is 14.3. The Kier molecular flexibility index (Phi) is 5.72. The van der Waals surface area contributed by atoms with Crippen LogP contribution in [0.4, 0.5) is 0 Å². The van der Waals surface area contributed by atoms with Crippen molar-refractivity contribution in [3.05, 3.63) is 75.8 Å². The van der Waals surface area contributed by atoms with Crippen LogP contribution in [-0.4, -0.2) is 5.11 Å². The predicted molar refractivity (Wildman–Crippen MR) is 129 cm³/mol. The number of aliphatic hydroxyl groups is 1. The van der Waals surface area contributed by atoms with Crippen LogP contribution in [0.2, 0.25) is 5.02 Å². The predicted octanol–water partition coefficient (Wildman–Crippen LogP) is 8.19. The van der Waals surface area contributed by atoms with Crippen molar-refractivity contribution >= 4 is 17.2 Å². The van der Waals surface area contributed by atoms with Crippen molar-refractivity contribution in [1.29, 1.82) is 0 Å². The van der Waals surface area contributed by atoms with E-state index in [4.69, 9.17) is 11.6 Å². The zero-order valence-corrected chi connectivity index (χ0v) is 19.4. The molecule has 2 aliphatic carbocycles. The number of benzene rings is 2. The number of allylic oxidation sites excluding steroid dienone is 4. The minimum atomic E-state index is -1.01. The van der Waals surface area contributed by atoms with E-state index >= 15 is 0 Å². The van der Waals surface area contributed by atoms with Gasteiger partial charge in [-0.3, -0.25) is 0 Å². The van der Waals surface area contributed by atoms with Crippen molar-refractivity contribution in [2.24, 2.45) is 0 Å². The van der Waals surface area contributed by atoms with Gasteiger partial charge in [0.1, 0.15) is 0 Å². The summed E-state index contributed by atoms with van der Waals surface area (Å²) < 4.78 is 0. The summed E-state index contributed by atoms with van der Waals surface area (Å²) >= 11 is 6.64. The number of halogens is 1. The molecular weight excluding hydrogens is 388 g/mol. The summed E-state index contributed by atoms with van der Waals surface area (Å²) in [4.78, 5) is 0. The largest absolute Gasteiger partial charge is 0.386 e. The molecule has 0 saturated heterocycles. The van der Waals surface area contributed by atoms with E-state index in [1.165, 1.54) is 54.4 Å². The number of rotatable bonds is 4. The highest BCUT2D eigenvalue weighted by Gasteiger charge is 2.45. The molecule has 1 spiro atoms. The zero-order chi connectivity index (χ0) is 21.5. The third-order valence-electron chi connectivity index (χ3n) is 7.05. The summed E-state index contributed by atoms with van der Waals surface area (Å²) in [5.41, 5.74) is 8.04. The van der Waals surface area contributed by atoms with Crippen molar-refractivity contribution < 1.29 is 5.11 Å². The van der Waals surface area contributed by atoms with Gasteiger partial charge < -0.3 is 5.11 Å². The summed E-state index contributed by atoms with van der Waals surface area (Å²) in [6.45, 7) is 8.08. The van der Waals surface area contributed by atoms with Gasteiger partial charge in [0.05, 0.1) is 5.60 Å². The van der Waals surface area contributed by atoms with Crippen LogP contribution in [0.1, 0.15) is 82.9 Å². The second kappa shape index (κ2) is 8.02. The van der Waals surface area contributed by atoms with Gasteiger partial charge in [0, 0.05) is 16.0 Å². The van der Waals surface area contributed by atoms with Gasteiger partial charge in [0.25, 0.3) is 0 Å². The van der Waals surface area contributed by atoms with Crippen LogP contribution in [0.5, 0.6) is 0 Å². The van der Waals surface area contributed by atoms with E-state index in [1.54, 1.807) is 5.57 Å². The first-order valence-corrected chi connectivity index (χ1v) is 11.7. The van der Waals surface area contributed by atoms with Crippen molar-refractivity contribution in [2.45, 2.75) is 77.2 Å². The van der Waals surface area contributed by atoms with E-state index in [9.17, 15) is 5.11 Å². The fourth-order valence-corrected chi connectivity index (χ4v) is 6.46. The van der Waals surface area contributed by atoms with Gasteiger partial charge in [-0.1, -0.05) is 85.8 Å². The Labute approximate surface area is 186 Å². The van der Waals surface area contributed by atoms with Crippen molar-refractivity contribution in [3.8, 4) is 11.1 Å². The molecule has 0 amide bonds. The third-order valence-corrected chi connectivity index (χ3v) is 7.36. The number of hydrogen-bond donors (Lipinski definition) is 1. The van der Waals surface area contributed by atoms with Crippen molar-refractivity contribution in [3.63, 3.8) is 0 Å². The molecule has 2 aliphatic rings. The molecule has 0 aromatic heterocycles. The SMILES string of the molecule is C/C=C\C1=C(CC)C2(CCCCC2)c2c1cccc2-c1cccc(Cl)c1C(C)(C)O. The summed E-state index contributed by atoms with van der Waals surface area (Å²) in [5, 5.41) is 11.6. The van der Waals surface area contributed by atoms with Gasteiger partial charge >= 0.3 is 0 Å². The second-order valence-corrected chi connectivity index (χ2v) is 9.75. The highest BCUT2D eigenvalue weighted by atomic mass is 35.5. The van der Waals surface area contributed by atoms with E-state index < -0.39 is 5.60 Å². The monoisotopic (exact) mass is 420 g/mol. The molecule has 30 heavy (non-hydrogen) atoms. The maximum Gasteiger partial charge on any atom is 0.0860 e. The lowest BCUT2D eigenvalue weighted by Gasteiger charge is -2.39. The zero-order valence-electron chi connectivity index (χ0n) is 18.7. The standard InChI is InChI=1S/C28H33ClO/c1-5-12-19-20-13-10-14-21(22-15-11-16-24(29)26(22)27(3,4)30)25(20)28(23(19)6-2)17-8-7-9-18-28/h5,10-16,30H,6-9,17-18H2,1-4H3/b12-5-. The minimum Gasteiger partial charge on any atom is -0.386 e. The summed E-state index contributed by atoms with van der Waals surface area (Å²) in [6, 6.07) is 12.7. The van der Waals surface area contributed by atoms with Gasteiger partial charge in [-0.15, -0.1) is 0 Å². The van der Waals surface area contributed by atoms with E-state index in [0.29, 0.717) is 5.02 Å². The molecule has 0 bridgehead atoms. The van der Waals surface area contributed by atoms with Crippen LogP contribution in [0, 0.1) is 0 Å². The molecule has 0 aliphatic heterocycles. The van der Waals surface area contributed by atoms with Crippen molar-refractivity contribution in [1.82, 2.24) is 0 Å². The average molecular weight is 421 g/mol. The number of hydrogen-bond acceptors (Lipinski definition) is 1. The quantitative estimate of drug-likeness (QED) is 0.528. The van der Waals surface area contributed by atoms with Gasteiger partial charge in [-0.25, -0.2) is 0 Å². The molecule has 2 aromatic rings. The van der Waals surface area contributed by atoms with E-state index in [1.807, 2.05) is 26.0 Å². The number of fused-ring (bicyclic) bond motifs is 2. The van der Waals surface area contributed by atoms with Crippen LogP contribution in [-0.2, 0) is 11.0 Å². The molecule has 1 saturated carbocycles. The maximum absolute atomic E-state index is 11.0. The molecule has 0 radical (unpaired) electrons. The lowest BCUT2D eigenvalue weighted by molar-refractivity contribution is 0.0793. The Morgan fingerprint density at radius 1 is 1.00 bits per heavy atom. The normalized spacial score (nSPS) is 18.5. The Balaban J connectivity index is 2.06. The van der Waals surface area contributed by atoms with E-state index in [-0.39, 0.29) is 5.41 Å². The van der Waals surface area contributed by atoms with Gasteiger partial charge in [-0.05, 0) is 73.9 Å². The second-order valence-electron chi connectivity index (χ2n) is 9.34. The van der Waals surface area contributed by atoms with Gasteiger partial charge in [-0.2, -0.15) is 0 Å². The molecule has 1 nitrogen and oxygen atoms in total. The molecule has 0 unspecified atom stereocenters. The van der Waals surface area contributed by atoms with Crippen LogP contribution in [0.15, 0.2) is 54.1 Å².